The topological polar surface area (TPSA) is 16.1 Å². The predicted octanol–water partition coefficient (Wildman–Crippen LogP) is 2.92. The van der Waals surface area contributed by atoms with Crippen molar-refractivity contribution in [2.45, 2.75) is 25.8 Å². The van der Waals surface area contributed by atoms with E-state index >= 15 is 0 Å². The van der Waals surface area contributed by atoms with E-state index in [0.29, 0.717) is 0 Å². The van der Waals surface area contributed by atoms with E-state index in [1.54, 1.807) is 0 Å². The van der Waals surface area contributed by atoms with Gasteiger partial charge in [-0.2, -0.15) is 0 Å². The van der Waals surface area contributed by atoms with Gasteiger partial charge in [-0.15, -0.1) is 11.6 Å². The van der Waals surface area contributed by atoms with Gasteiger partial charge in [-0.25, -0.2) is 0 Å². The van der Waals surface area contributed by atoms with Crippen LogP contribution in [0.1, 0.15) is 25.0 Å². The van der Waals surface area contributed by atoms with Crippen molar-refractivity contribution in [2.24, 2.45) is 0 Å². The van der Waals surface area contributed by atoms with E-state index < -0.39 is 0 Å². The number of rotatable bonds is 7. The first-order valence-electron chi connectivity index (χ1n) is 5.47. The molecule has 0 aliphatic heterocycles. The summed E-state index contributed by atoms with van der Waals surface area (Å²) in [5.41, 5.74) is 1.14. The monoisotopic (exact) mass is 226 g/mol. The second-order valence-corrected chi connectivity index (χ2v) is 4.19. The summed E-state index contributed by atoms with van der Waals surface area (Å²) in [6.45, 7) is 2.05. The van der Waals surface area contributed by atoms with Gasteiger partial charge in [-0.05, 0) is 38.6 Å². The second kappa shape index (κ2) is 7.66. The fourth-order valence-electron chi connectivity index (χ4n) is 1.50. The van der Waals surface area contributed by atoms with Crippen molar-refractivity contribution in [1.29, 1.82) is 0 Å². The molecule has 1 heterocycles. The van der Waals surface area contributed by atoms with Crippen LogP contribution in [0.4, 0.5) is 0 Å². The summed E-state index contributed by atoms with van der Waals surface area (Å²) < 4.78 is 0. The number of alkyl halides is 1. The van der Waals surface area contributed by atoms with Crippen LogP contribution >= 0.6 is 11.6 Å². The molecule has 0 radical (unpaired) electrons. The fourth-order valence-corrected chi connectivity index (χ4v) is 1.69. The highest BCUT2D eigenvalue weighted by atomic mass is 35.5. The summed E-state index contributed by atoms with van der Waals surface area (Å²) in [4.78, 5) is 6.60. The Morgan fingerprint density at radius 1 is 1.27 bits per heavy atom. The zero-order chi connectivity index (χ0) is 10.9. The molecule has 15 heavy (non-hydrogen) atoms. The Kier molecular flexibility index (Phi) is 6.37. The summed E-state index contributed by atoms with van der Waals surface area (Å²) >= 11 is 5.62. The minimum Gasteiger partial charge on any atom is -0.301 e. The SMILES string of the molecule is CN(CCCCCCl)Cc1ccccn1. The fraction of sp³-hybridized carbons (Fsp3) is 0.583. The Labute approximate surface area is 97.3 Å². The molecular formula is C12H19ClN2. The Balaban J connectivity index is 2.16. The van der Waals surface area contributed by atoms with Crippen LogP contribution in [0.2, 0.25) is 0 Å². The van der Waals surface area contributed by atoms with E-state index in [0.717, 1.165) is 31.1 Å². The van der Waals surface area contributed by atoms with Crippen LogP contribution in [0.25, 0.3) is 0 Å². The molecule has 2 nitrogen and oxygen atoms in total. The maximum absolute atomic E-state index is 5.62. The second-order valence-electron chi connectivity index (χ2n) is 3.81. The van der Waals surface area contributed by atoms with Gasteiger partial charge >= 0.3 is 0 Å². The first-order chi connectivity index (χ1) is 7.33. The van der Waals surface area contributed by atoms with Gasteiger partial charge < -0.3 is 4.90 Å². The van der Waals surface area contributed by atoms with Crippen molar-refractivity contribution < 1.29 is 0 Å². The third kappa shape index (κ3) is 5.75. The van der Waals surface area contributed by atoms with Gasteiger partial charge in [0.1, 0.15) is 0 Å². The first kappa shape index (κ1) is 12.5. The van der Waals surface area contributed by atoms with Crippen molar-refractivity contribution >= 4 is 11.6 Å². The van der Waals surface area contributed by atoms with Gasteiger partial charge in [0.2, 0.25) is 0 Å². The molecular weight excluding hydrogens is 208 g/mol. The van der Waals surface area contributed by atoms with E-state index in [2.05, 4.69) is 23.0 Å². The van der Waals surface area contributed by atoms with Crippen LogP contribution < -0.4 is 0 Å². The van der Waals surface area contributed by atoms with Crippen LogP contribution in [0.5, 0.6) is 0 Å². The lowest BCUT2D eigenvalue weighted by molar-refractivity contribution is 0.314. The van der Waals surface area contributed by atoms with E-state index in [4.69, 9.17) is 11.6 Å². The molecule has 1 rings (SSSR count). The minimum absolute atomic E-state index is 0.782. The van der Waals surface area contributed by atoms with Gasteiger partial charge in [0, 0.05) is 18.6 Å². The molecule has 0 saturated heterocycles. The van der Waals surface area contributed by atoms with Crippen LogP contribution in [-0.2, 0) is 6.54 Å². The van der Waals surface area contributed by atoms with Gasteiger partial charge in [0.15, 0.2) is 0 Å². The Hall–Kier alpha value is -0.600. The van der Waals surface area contributed by atoms with Crippen LogP contribution in [0.15, 0.2) is 24.4 Å². The Morgan fingerprint density at radius 2 is 2.13 bits per heavy atom. The third-order valence-electron chi connectivity index (χ3n) is 2.33. The third-order valence-corrected chi connectivity index (χ3v) is 2.60. The lowest BCUT2D eigenvalue weighted by Gasteiger charge is -2.15. The van der Waals surface area contributed by atoms with Crippen molar-refractivity contribution in [2.75, 3.05) is 19.5 Å². The molecule has 0 saturated carbocycles. The zero-order valence-electron chi connectivity index (χ0n) is 9.32. The molecule has 0 aliphatic rings. The van der Waals surface area contributed by atoms with E-state index in [-0.39, 0.29) is 0 Å². The zero-order valence-corrected chi connectivity index (χ0v) is 10.1. The van der Waals surface area contributed by atoms with Crippen molar-refractivity contribution in [3.05, 3.63) is 30.1 Å². The molecule has 0 bridgehead atoms. The molecule has 0 aromatic carbocycles. The van der Waals surface area contributed by atoms with Crippen LogP contribution in [0.3, 0.4) is 0 Å². The number of nitrogens with zero attached hydrogens (tertiary/aromatic N) is 2. The number of unbranched alkanes of at least 4 members (excludes halogenated alkanes) is 2. The van der Waals surface area contributed by atoms with Crippen LogP contribution in [0, 0.1) is 0 Å². The summed E-state index contributed by atoms with van der Waals surface area (Å²) in [5.74, 6) is 0.782. The highest BCUT2D eigenvalue weighted by molar-refractivity contribution is 6.17. The van der Waals surface area contributed by atoms with Crippen molar-refractivity contribution in [1.82, 2.24) is 9.88 Å². The average Bonchev–Trinajstić information content (AvgIpc) is 2.26. The number of pyridine rings is 1. The van der Waals surface area contributed by atoms with E-state index in [1.807, 2.05) is 18.3 Å². The van der Waals surface area contributed by atoms with Crippen molar-refractivity contribution in [3.8, 4) is 0 Å². The highest BCUT2D eigenvalue weighted by Crippen LogP contribution is 2.02. The Bertz CT molecular complexity index is 251. The van der Waals surface area contributed by atoms with Gasteiger partial charge in [-0.1, -0.05) is 12.5 Å². The number of hydrogen-bond donors (Lipinski definition) is 0. The van der Waals surface area contributed by atoms with Gasteiger partial charge in [0.05, 0.1) is 5.69 Å². The smallest absolute Gasteiger partial charge is 0.0543 e. The first-order valence-corrected chi connectivity index (χ1v) is 6.01. The highest BCUT2D eigenvalue weighted by Gasteiger charge is 2.00. The van der Waals surface area contributed by atoms with E-state index in [9.17, 15) is 0 Å². The maximum Gasteiger partial charge on any atom is 0.0543 e. The largest absolute Gasteiger partial charge is 0.301 e. The number of hydrogen-bond acceptors (Lipinski definition) is 2. The maximum atomic E-state index is 5.62. The number of aromatic nitrogens is 1. The lowest BCUT2D eigenvalue weighted by atomic mass is 10.2. The van der Waals surface area contributed by atoms with E-state index in [1.165, 1.54) is 12.8 Å². The molecule has 3 heteroatoms. The van der Waals surface area contributed by atoms with Crippen molar-refractivity contribution in [3.63, 3.8) is 0 Å². The molecule has 1 aromatic heterocycles. The number of halogens is 1. The van der Waals surface area contributed by atoms with Gasteiger partial charge in [0.25, 0.3) is 0 Å². The molecule has 0 N–H and O–H groups in total. The molecule has 0 aliphatic carbocycles. The minimum atomic E-state index is 0.782. The molecule has 0 atom stereocenters. The molecule has 1 aromatic rings. The summed E-state index contributed by atoms with van der Waals surface area (Å²) in [6, 6.07) is 6.04. The van der Waals surface area contributed by atoms with Gasteiger partial charge in [-0.3, -0.25) is 4.98 Å². The lowest BCUT2D eigenvalue weighted by Crippen LogP contribution is -2.19. The molecule has 84 valence electrons. The van der Waals surface area contributed by atoms with Crippen LogP contribution in [-0.4, -0.2) is 29.4 Å². The quantitative estimate of drug-likeness (QED) is 0.525. The molecule has 0 spiro atoms. The normalized spacial score (nSPS) is 10.9. The molecule has 0 fully saturated rings. The Morgan fingerprint density at radius 3 is 2.80 bits per heavy atom. The average molecular weight is 227 g/mol. The molecule has 0 amide bonds. The molecule has 0 unspecified atom stereocenters. The summed E-state index contributed by atoms with van der Waals surface area (Å²) in [7, 11) is 2.13. The summed E-state index contributed by atoms with van der Waals surface area (Å²) in [6.07, 6.45) is 5.40. The standard InChI is InChI=1S/C12H19ClN2/c1-15(10-6-2-4-8-13)11-12-7-3-5-9-14-12/h3,5,7,9H,2,4,6,8,10-11H2,1H3. The summed E-state index contributed by atoms with van der Waals surface area (Å²) in [5, 5.41) is 0. The predicted molar refractivity (Wildman–Crippen MR) is 65.1 cm³/mol.